The van der Waals surface area contributed by atoms with E-state index in [0.29, 0.717) is 22.5 Å². The lowest BCUT2D eigenvalue weighted by Crippen LogP contribution is -1.99. The first-order chi connectivity index (χ1) is 7.70. The number of hydrogen-bond acceptors (Lipinski definition) is 3. The predicted molar refractivity (Wildman–Crippen MR) is 63.8 cm³/mol. The number of benzene rings is 1. The van der Waals surface area contributed by atoms with Crippen LogP contribution in [0.25, 0.3) is 0 Å². The van der Waals surface area contributed by atoms with Gasteiger partial charge in [0.25, 0.3) is 0 Å². The summed E-state index contributed by atoms with van der Waals surface area (Å²) in [6.45, 7) is 2.80. The summed E-state index contributed by atoms with van der Waals surface area (Å²) >= 11 is 5.87. The van der Waals surface area contributed by atoms with Gasteiger partial charge in [0.2, 0.25) is 0 Å². The Labute approximate surface area is 98.6 Å². The van der Waals surface area contributed by atoms with Gasteiger partial charge in [-0.1, -0.05) is 11.6 Å². The Morgan fingerprint density at radius 3 is 3.06 bits per heavy atom. The molecule has 2 N–H and O–H groups in total. The molecule has 0 saturated carbocycles. The van der Waals surface area contributed by atoms with Crippen molar-refractivity contribution in [1.29, 1.82) is 0 Å². The molecule has 1 heterocycles. The van der Waals surface area contributed by atoms with Gasteiger partial charge < -0.3 is 15.0 Å². The number of anilines is 1. The van der Waals surface area contributed by atoms with Crippen LogP contribution >= 0.6 is 11.6 Å². The van der Waals surface area contributed by atoms with Crippen LogP contribution in [-0.4, -0.2) is 9.55 Å². The zero-order valence-corrected chi connectivity index (χ0v) is 9.61. The number of imidazole rings is 1. The van der Waals surface area contributed by atoms with E-state index in [9.17, 15) is 0 Å². The lowest BCUT2D eigenvalue weighted by molar-refractivity contribution is 0.417. The Balaban J connectivity index is 2.30. The highest BCUT2D eigenvalue weighted by Crippen LogP contribution is 2.29. The Bertz CT molecular complexity index is 496. The van der Waals surface area contributed by atoms with Gasteiger partial charge in [-0.25, -0.2) is 4.98 Å². The number of rotatable bonds is 3. The van der Waals surface area contributed by atoms with Gasteiger partial charge in [0.1, 0.15) is 0 Å². The maximum absolute atomic E-state index is 5.87. The first kappa shape index (κ1) is 10.8. The Kier molecular flexibility index (Phi) is 3.01. The van der Waals surface area contributed by atoms with Crippen molar-refractivity contribution < 1.29 is 4.74 Å². The number of nitrogens with zero attached hydrogens (tertiary/aromatic N) is 2. The fourth-order valence-corrected chi connectivity index (χ4v) is 1.50. The fraction of sp³-hybridized carbons (Fsp3) is 0.182. The van der Waals surface area contributed by atoms with E-state index in [1.165, 1.54) is 0 Å². The molecule has 0 atom stereocenters. The van der Waals surface area contributed by atoms with E-state index in [0.717, 1.165) is 6.54 Å². The first-order valence-electron chi connectivity index (χ1n) is 4.94. The number of nitrogens with two attached hydrogens (primary N) is 1. The number of aryl methyl sites for hydroxylation is 1. The summed E-state index contributed by atoms with van der Waals surface area (Å²) in [5.74, 6) is 0.522. The van der Waals surface area contributed by atoms with Crippen LogP contribution in [-0.2, 0) is 6.54 Å². The molecule has 5 heteroatoms. The van der Waals surface area contributed by atoms with Crippen molar-refractivity contribution in [2.45, 2.75) is 13.5 Å². The van der Waals surface area contributed by atoms with Crippen LogP contribution in [0.15, 0.2) is 30.6 Å². The summed E-state index contributed by atoms with van der Waals surface area (Å²) in [7, 11) is 0. The SMILES string of the molecule is CCn1ccnc1Oc1cc(Cl)ccc1N. The fourth-order valence-electron chi connectivity index (χ4n) is 1.34. The van der Waals surface area contributed by atoms with Crippen molar-refractivity contribution in [3.05, 3.63) is 35.6 Å². The average molecular weight is 238 g/mol. The van der Waals surface area contributed by atoms with Crippen LogP contribution in [0.1, 0.15) is 6.92 Å². The summed E-state index contributed by atoms with van der Waals surface area (Å²) in [6, 6.07) is 5.61. The van der Waals surface area contributed by atoms with E-state index >= 15 is 0 Å². The molecular weight excluding hydrogens is 226 g/mol. The second-order valence-electron chi connectivity index (χ2n) is 3.28. The van der Waals surface area contributed by atoms with Crippen LogP contribution in [0.5, 0.6) is 11.8 Å². The van der Waals surface area contributed by atoms with E-state index in [1.807, 2.05) is 17.7 Å². The smallest absolute Gasteiger partial charge is 0.301 e. The highest BCUT2D eigenvalue weighted by molar-refractivity contribution is 6.30. The van der Waals surface area contributed by atoms with Crippen LogP contribution in [0.2, 0.25) is 5.02 Å². The van der Waals surface area contributed by atoms with Crippen molar-refractivity contribution >= 4 is 17.3 Å². The number of aromatic nitrogens is 2. The zero-order chi connectivity index (χ0) is 11.5. The van der Waals surface area contributed by atoms with E-state index in [-0.39, 0.29) is 0 Å². The minimum Gasteiger partial charge on any atom is -0.423 e. The van der Waals surface area contributed by atoms with Crippen LogP contribution in [0.4, 0.5) is 5.69 Å². The van der Waals surface area contributed by atoms with Crippen molar-refractivity contribution in [3.63, 3.8) is 0 Å². The zero-order valence-electron chi connectivity index (χ0n) is 8.85. The van der Waals surface area contributed by atoms with Crippen molar-refractivity contribution in [2.75, 3.05) is 5.73 Å². The molecule has 2 rings (SSSR count). The van der Waals surface area contributed by atoms with Gasteiger partial charge in [0.05, 0.1) is 5.69 Å². The molecule has 1 aromatic carbocycles. The van der Waals surface area contributed by atoms with Crippen LogP contribution in [0, 0.1) is 0 Å². The number of hydrogen-bond donors (Lipinski definition) is 1. The predicted octanol–water partition coefficient (Wildman–Crippen LogP) is 2.93. The first-order valence-corrected chi connectivity index (χ1v) is 5.32. The summed E-state index contributed by atoms with van der Waals surface area (Å²) in [6.07, 6.45) is 3.52. The third kappa shape index (κ3) is 2.12. The lowest BCUT2D eigenvalue weighted by atomic mass is 10.3. The highest BCUT2D eigenvalue weighted by atomic mass is 35.5. The lowest BCUT2D eigenvalue weighted by Gasteiger charge is -2.09. The normalized spacial score (nSPS) is 10.4. The van der Waals surface area contributed by atoms with Crippen molar-refractivity contribution in [3.8, 4) is 11.8 Å². The Hall–Kier alpha value is -1.68. The van der Waals surface area contributed by atoms with Gasteiger partial charge in [0, 0.05) is 30.0 Å². The van der Waals surface area contributed by atoms with Gasteiger partial charge in [-0.05, 0) is 19.1 Å². The van der Waals surface area contributed by atoms with E-state index < -0.39 is 0 Å². The van der Waals surface area contributed by atoms with Gasteiger partial charge in [-0.3, -0.25) is 0 Å². The highest BCUT2D eigenvalue weighted by Gasteiger charge is 2.07. The molecule has 0 fully saturated rings. The van der Waals surface area contributed by atoms with Crippen molar-refractivity contribution in [1.82, 2.24) is 9.55 Å². The second-order valence-corrected chi connectivity index (χ2v) is 3.72. The Morgan fingerprint density at radius 2 is 2.31 bits per heavy atom. The quantitative estimate of drug-likeness (QED) is 0.835. The average Bonchev–Trinajstić information content (AvgIpc) is 2.71. The Morgan fingerprint density at radius 1 is 1.50 bits per heavy atom. The van der Waals surface area contributed by atoms with Crippen molar-refractivity contribution in [2.24, 2.45) is 0 Å². The molecule has 0 aliphatic rings. The topological polar surface area (TPSA) is 53.1 Å². The third-order valence-corrected chi connectivity index (χ3v) is 2.43. The molecule has 0 aliphatic heterocycles. The molecule has 0 saturated heterocycles. The molecule has 0 spiro atoms. The van der Waals surface area contributed by atoms with Gasteiger partial charge in [-0.15, -0.1) is 0 Å². The maximum atomic E-state index is 5.87. The summed E-state index contributed by atoms with van der Waals surface area (Å²) in [4.78, 5) is 4.10. The summed E-state index contributed by atoms with van der Waals surface area (Å²) < 4.78 is 7.47. The van der Waals surface area contributed by atoms with E-state index in [1.54, 1.807) is 24.4 Å². The molecule has 0 bridgehead atoms. The molecule has 16 heavy (non-hydrogen) atoms. The number of nitrogen functional groups attached to an aromatic ring is 1. The van der Waals surface area contributed by atoms with Crippen LogP contribution in [0.3, 0.4) is 0 Å². The standard InChI is InChI=1S/C11H12ClN3O/c1-2-15-6-5-14-11(15)16-10-7-8(12)3-4-9(10)13/h3-7H,2,13H2,1H3. The summed E-state index contributed by atoms with van der Waals surface area (Å²) in [5, 5.41) is 0.582. The molecule has 0 unspecified atom stereocenters. The molecule has 0 amide bonds. The van der Waals surface area contributed by atoms with Gasteiger partial charge in [-0.2, -0.15) is 0 Å². The largest absolute Gasteiger partial charge is 0.423 e. The molecule has 84 valence electrons. The number of halogens is 1. The molecule has 1 aromatic heterocycles. The molecule has 0 aliphatic carbocycles. The van der Waals surface area contributed by atoms with Crippen LogP contribution < -0.4 is 10.5 Å². The minimum absolute atomic E-state index is 0.511. The molecule has 4 nitrogen and oxygen atoms in total. The van der Waals surface area contributed by atoms with Gasteiger partial charge in [0.15, 0.2) is 5.75 Å². The number of ether oxygens (including phenoxy) is 1. The third-order valence-electron chi connectivity index (χ3n) is 2.19. The second kappa shape index (κ2) is 4.45. The van der Waals surface area contributed by atoms with E-state index in [4.69, 9.17) is 22.1 Å². The van der Waals surface area contributed by atoms with Gasteiger partial charge >= 0.3 is 6.01 Å². The summed E-state index contributed by atoms with van der Waals surface area (Å²) in [5.41, 5.74) is 6.31. The minimum atomic E-state index is 0.511. The molecule has 0 radical (unpaired) electrons. The molecule has 2 aromatic rings. The maximum Gasteiger partial charge on any atom is 0.301 e. The van der Waals surface area contributed by atoms with E-state index in [2.05, 4.69) is 4.98 Å². The molecular formula is C11H12ClN3O. The monoisotopic (exact) mass is 237 g/mol.